The molecule has 1 aromatic heterocycles. The fourth-order valence-corrected chi connectivity index (χ4v) is 2.84. The van der Waals surface area contributed by atoms with E-state index < -0.39 is 17.8 Å². The second-order valence-corrected chi connectivity index (χ2v) is 6.80. The molecule has 10 heteroatoms. The summed E-state index contributed by atoms with van der Waals surface area (Å²) in [6.45, 7) is 6.83. The van der Waals surface area contributed by atoms with Crippen molar-refractivity contribution in [2.24, 2.45) is 4.99 Å². The van der Waals surface area contributed by atoms with Crippen LogP contribution in [0, 0.1) is 0 Å². The maximum absolute atomic E-state index is 12.8. The van der Waals surface area contributed by atoms with Crippen molar-refractivity contribution in [1.29, 1.82) is 0 Å². The first-order chi connectivity index (χ1) is 14.8. The smallest absolute Gasteiger partial charge is 0.416 e. The van der Waals surface area contributed by atoms with Crippen LogP contribution in [0.25, 0.3) is 0 Å². The average molecular weight is 442 g/mol. The molecule has 3 N–H and O–H groups in total. The number of benzene rings is 1. The van der Waals surface area contributed by atoms with Gasteiger partial charge in [-0.25, -0.2) is 4.99 Å². The van der Waals surface area contributed by atoms with E-state index in [4.69, 9.17) is 9.26 Å². The largest absolute Gasteiger partial charge is 0.491 e. The summed E-state index contributed by atoms with van der Waals surface area (Å²) in [5.74, 6) is 1.33. The van der Waals surface area contributed by atoms with Gasteiger partial charge in [0.2, 0.25) is 0 Å². The number of rotatable bonds is 10. The molecular weight excluding hydrogens is 413 g/mol. The Kier molecular flexibility index (Phi) is 9.17. The molecule has 1 heterocycles. The summed E-state index contributed by atoms with van der Waals surface area (Å²) < 4.78 is 49.0. The molecule has 172 valence electrons. The van der Waals surface area contributed by atoms with Crippen LogP contribution in [0.3, 0.4) is 0 Å². The first kappa shape index (κ1) is 24.5. The predicted molar refractivity (Wildman–Crippen MR) is 111 cm³/mol. The molecule has 0 saturated carbocycles. The lowest BCUT2D eigenvalue weighted by Gasteiger charge is -2.16. The van der Waals surface area contributed by atoms with Gasteiger partial charge in [-0.3, -0.25) is 0 Å². The molecule has 2 rings (SSSR count). The molecule has 0 saturated heterocycles. The van der Waals surface area contributed by atoms with E-state index in [-0.39, 0.29) is 18.9 Å². The zero-order valence-corrected chi connectivity index (χ0v) is 17.9. The Morgan fingerprint density at radius 1 is 1.23 bits per heavy atom. The minimum atomic E-state index is -4.45. The number of aromatic nitrogens is 1. The third-order valence-electron chi connectivity index (χ3n) is 4.46. The van der Waals surface area contributed by atoms with Crippen molar-refractivity contribution in [2.45, 2.75) is 52.4 Å². The van der Waals surface area contributed by atoms with Gasteiger partial charge >= 0.3 is 6.18 Å². The second-order valence-electron chi connectivity index (χ2n) is 6.80. The summed E-state index contributed by atoms with van der Waals surface area (Å²) in [4.78, 5) is 4.52. The van der Waals surface area contributed by atoms with Gasteiger partial charge in [-0.15, -0.1) is 0 Å². The topological polar surface area (TPSA) is 91.9 Å². The summed E-state index contributed by atoms with van der Waals surface area (Å²) in [6, 6.07) is 4.55. The van der Waals surface area contributed by atoms with Crippen LogP contribution in [0.2, 0.25) is 0 Å². The molecule has 31 heavy (non-hydrogen) atoms. The van der Waals surface area contributed by atoms with Gasteiger partial charge < -0.3 is 25.0 Å². The van der Waals surface area contributed by atoms with Gasteiger partial charge in [-0.2, -0.15) is 13.2 Å². The van der Waals surface area contributed by atoms with Crippen molar-refractivity contribution in [2.75, 3.05) is 19.7 Å². The Morgan fingerprint density at radius 3 is 2.65 bits per heavy atom. The minimum Gasteiger partial charge on any atom is -0.491 e. The third kappa shape index (κ3) is 7.46. The average Bonchev–Trinajstić information content (AvgIpc) is 3.15. The number of hydrogen-bond donors (Lipinski definition) is 3. The van der Waals surface area contributed by atoms with Crippen molar-refractivity contribution < 1.29 is 27.5 Å². The molecule has 0 amide bonds. The Balaban J connectivity index is 1.91. The second kappa shape index (κ2) is 11.6. The number of halogens is 3. The monoisotopic (exact) mass is 442 g/mol. The van der Waals surface area contributed by atoms with Crippen molar-refractivity contribution in [3.63, 3.8) is 0 Å². The van der Waals surface area contributed by atoms with Crippen LogP contribution in [0.5, 0.6) is 5.75 Å². The standard InChI is InChI=1S/C21H29F3N4O3/c1-4-18-17(19(5-2)31-28-18)12-27-20(25-6-3)26-11-15(29)13-30-16-9-7-8-14(10-16)21(22,23)24/h7-10,15,29H,4-6,11-13H2,1-3H3,(H2,25,26,27). The summed E-state index contributed by atoms with van der Waals surface area (Å²) in [7, 11) is 0. The number of nitrogens with one attached hydrogen (secondary N) is 2. The van der Waals surface area contributed by atoms with Crippen LogP contribution in [0.4, 0.5) is 13.2 Å². The number of ether oxygens (including phenoxy) is 1. The number of hydrogen-bond acceptors (Lipinski definition) is 5. The molecule has 0 aliphatic carbocycles. The first-order valence-corrected chi connectivity index (χ1v) is 10.2. The molecule has 1 unspecified atom stereocenters. The van der Waals surface area contributed by atoms with Gasteiger partial charge in [-0.05, 0) is 31.5 Å². The van der Waals surface area contributed by atoms with Crippen LogP contribution in [-0.4, -0.2) is 42.0 Å². The minimum absolute atomic E-state index is 0.0427. The molecule has 0 fully saturated rings. The molecule has 0 spiro atoms. The molecule has 1 aromatic carbocycles. The maximum atomic E-state index is 12.8. The van der Waals surface area contributed by atoms with Gasteiger partial charge in [0, 0.05) is 25.1 Å². The number of aliphatic hydroxyl groups excluding tert-OH is 1. The van der Waals surface area contributed by atoms with E-state index in [0.717, 1.165) is 35.6 Å². The maximum Gasteiger partial charge on any atom is 0.416 e. The van der Waals surface area contributed by atoms with Gasteiger partial charge in [0.05, 0.1) is 17.8 Å². The van der Waals surface area contributed by atoms with Crippen LogP contribution < -0.4 is 15.4 Å². The summed E-state index contributed by atoms with van der Waals surface area (Å²) in [5.41, 5.74) is 1.02. The molecule has 0 aliphatic heterocycles. The van der Waals surface area contributed by atoms with E-state index in [9.17, 15) is 18.3 Å². The Hall–Kier alpha value is -2.75. The van der Waals surface area contributed by atoms with E-state index in [1.807, 2.05) is 20.8 Å². The number of aryl methyl sites for hydroxylation is 2. The molecular formula is C21H29F3N4O3. The quantitative estimate of drug-likeness (QED) is 0.386. The van der Waals surface area contributed by atoms with Crippen LogP contribution >= 0.6 is 0 Å². The van der Waals surface area contributed by atoms with Gasteiger partial charge in [0.1, 0.15) is 24.2 Å². The molecule has 0 radical (unpaired) electrons. The molecule has 7 nitrogen and oxygen atoms in total. The highest BCUT2D eigenvalue weighted by atomic mass is 19.4. The fourth-order valence-electron chi connectivity index (χ4n) is 2.84. The van der Waals surface area contributed by atoms with Crippen molar-refractivity contribution >= 4 is 5.96 Å². The van der Waals surface area contributed by atoms with E-state index in [1.165, 1.54) is 12.1 Å². The number of alkyl halides is 3. The number of aliphatic imine (C=N–C) groups is 1. The lowest BCUT2D eigenvalue weighted by Crippen LogP contribution is -2.42. The number of guanidine groups is 1. The number of nitrogens with zero attached hydrogens (tertiary/aromatic N) is 2. The lowest BCUT2D eigenvalue weighted by molar-refractivity contribution is -0.137. The Bertz CT molecular complexity index is 831. The van der Waals surface area contributed by atoms with Crippen molar-refractivity contribution in [3.05, 3.63) is 46.8 Å². The van der Waals surface area contributed by atoms with Crippen molar-refractivity contribution in [3.8, 4) is 5.75 Å². The highest BCUT2D eigenvalue weighted by molar-refractivity contribution is 5.79. The Morgan fingerprint density at radius 2 is 2.00 bits per heavy atom. The van der Waals surface area contributed by atoms with Crippen molar-refractivity contribution in [1.82, 2.24) is 15.8 Å². The Labute approximate surface area is 179 Å². The normalized spacial score (nSPS) is 13.2. The van der Waals surface area contributed by atoms with E-state index in [1.54, 1.807) is 0 Å². The molecule has 2 aromatic rings. The molecule has 0 bridgehead atoms. The third-order valence-corrected chi connectivity index (χ3v) is 4.46. The lowest BCUT2D eigenvalue weighted by atomic mass is 10.1. The number of aliphatic hydroxyl groups is 1. The highest BCUT2D eigenvalue weighted by Gasteiger charge is 2.30. The highest BCUT2D eigenvalue weighted by Crippen LogP contribution is 2.31. The van der Waals surface area contributed by atoms with Gasteiger partial charge in [0.15, 0.2) is 5.96 Å². The van der Waals surface area contributed by atoms with E-state index in [2.05, 4.69) is 20.8 Å². The SMILES string of the molecule is CCNC(=NCc1c(CC)noc1CC)NCC(O)COc1cccc(C(F)(F)F)c1. The summed E-state index contributed by atoms with van der Waals surface area (Å²) in [5, 5.41) is 20.3. The fraction of sp³-hybridized carbons (Fsp3) is 0.524. The molecule has 1 atom stereocenters. The molecule has 0 aliphatic rings. The zero-order chi connectivity index (χ0) is 22.9. The predicted octanol–water partition coefficient (Wildman–Crippen LogP) is 3.31. The van der Waals surface area contributed by atoms with Gasteiger partial charge in [0.25, 0.3) is 0 Å². The van der Waals surface area contributed by atoms with Crippen LogP contribution in [0.15, 0.2) is 33.8 Å². The van der Waals surface area contributed by atoms with E-state index in [0.29, 0.717) is 25.5 Å². The van der Waals surface area contributed by atoms with E-state index >= 15 is 0 Å². The summed E-state index contributed by atoms with van der Waals surface area (Å²) >= 11 is 0. The van der Waals surface area contributed by atoms with Gasteiger partial charge in [-0.1, -0.05) is 25.1 Å². The first-order valence-electron chi connectivity index (χ1n) is 10.2. The summed E-state index contributed by atoms with van der Waals surface area (Å²) in [6.07, 6.45) is -3.94. The van der Waals surface area contributed by atoms with Crippen LogP contribution in [0.1, 0.15) is 43.4 Å². The van der Waals surface area contributed by atoms with Crippen LogP contribution in [-0.2, 0) is 25.6 Å². The zero-order valence-electron chi connectivity index (χ0n) is 17.9.